The molecule has 3 fully saturated rings. The largest absolute Gasteiger partial charge is 0.460 e. The molecule has 0 spiro atoms. The van der Waals surface area contributed by atoms with Crippen LogP contribution < -0.4 is 0 Å². The molecule has 3 aliphatic heterocycles. The monoisotopic (exact) mass is 1110 g/mol. The number of Topliss-reactive ketones (excluding diaryl/α,β-unsaturated/α-hetero) is 3. The number of hydrogen-bond donors (Lipinski definition) is 2. The van der Waals surface area contributed by atoms with Gasteiger partial charge >= 0.3 is 11.9 Å². The quantitative estimate of drug-likeness (QED) is 0.0787. The van der Waals surface area contributed by atoms with Crippen LogP contribution in [-0.2, 0) is 66.2 Å². The number of methoxy groups -OCH3 is 3. The van der Waals surface area contributed by atoms with E-state index in [-0.39, 0.29) is 64.5 Å². The van der Waals surface area contributed by atoms with Crippen LogP contribution in [0.1, 0.15) is 126 Å². The number of nitrogens with zero attached hydrogens (tertiary/aromatic N) is 1. The number of hydrogen-bond acceptors (Lipinski definition) is 16. The van der Waals surface area contributed by atoms with Crippen LogP contribution in [0.2, 0.25) is 0 Å². The summed E-state index contributed by atoms with van der Waals surface area (Å²) in [6.45, 7) is 14.5. The summed E-state index contributed by atoms with van der Waals surface area (Å²) in [6.07, 6.45) is 9.71. The Kier molecular flexibility index (Phi) is 26.5. The zero-order chi connectivity index (χ0) is 55.8. The SMILES string of the molecule is CO[C@H]1C[C@@H]2CC[C@@H](C)[C@@](O)(O2)C(=O)C(=O)N2CCC[C@H]2C(=O)O[C@H]([C@H](C)C[C@@H]2CC[C@@H](OC(=O)C(C)(COP)COPP)[C@H](OC)C2)CC(=O)[C@H](C)/C=C(\C)[C@@H](O)[C@@H](OC)C(=O)[C@H](C)C[C@H](C)/C=C/C=C/C=C1C. The molecule has 1 aliphatic carbocycles. The van der Waals surface area contributed by atoms with Crippen molar-refractivity contribution in [2.24, 2.45) is 40.9 Å². The minimum atomic E-state index is -2.46. The van der Waals surface area contributed by atoms with Crippen LogP contribution in [0.4, 0.5) is 0 Å². The number of carbonyl (C=O) groups is 6. The van der Waals surface area contributed by atoms with Gasteiger partial charge in [0, 0.05) is 76.4 Å². The molecule has 424 valence electrons. The second-order valence-electron chi connectivity index (χ2n) is 21.9. The van der Waals surface area contributed by atoms with Gasteiger partial charge in [0.1, 0.15) is 41.7 Å². The molecule has 4 unspecified atom stereocenters. The average molecular weight is 1110 g/mol. The van der Waals surface area contributed by atoms with Crippen molar-refractivity contribution < 1.29 is 76.4 Å². The van der Waals surface area contributed by atoms with E-state index in [9.17, 15) is 39.0 Å². The lowest BCUT2D eigenvalue weighted by Gasteiger charge is -2.41. The van der Waals surface area contributed by atoms with Crippen molar-refractivity contribution in [1.82, 2.24) is 4.90 Å². The van der Waals surface area contributed by atoms with Gasteiger partial charge in [-0.25, -0.2) is 4.79 Å². The highest BCUT2D eigenvalue weighted by Crippen LogP contribution is 2.39. The van der Waals surface area contributed by atoms with Crippen LogP contribution in [0.25, 0.3) is 0 Å². The van der Waals surface area contributed by atoms with Crippen LogP contribution in [0.5, 0.6) is 0 Å². The van der Waals surface area contributed by atoms with Crippen LogP contribution >= 0.6 is 26.9 Å². The summed E-state index contributed by atoms with van der Waals surface area (Å²) in [6, 6.07) is -1.18. The third-order valence-corrected chi connectivity index (χ3v) is 16.8. The number of allylic oxidation sites excluding steroid dienone is 6. The average Bonchev–Trinajstić information content (AvgIpc) is 3.88. The van der Waals surface area contributed by atoms with Crippen molar-refractivity contribution in [2.45, 2.75) is 181 Å². The van der Waals surface area contributed by atoms with E-state index in [0.29, 0.717) is 63.4 Å². The summed E-state index contributed by atoms with van der Waals surface area (Å²) in [5.41, 5.74) is 0.178. The summed E-state index contributed by atoms with van der Waals surface area (Å²) in [5, 5.41) is 23.5. The van der Waals surface area contributed by atoms with Crippen molar-refractivity contribution in [3.05, 3.63) is 47.6 Å². The maximum Gasteiger partial charge on any atom is 0.329 e. The normalized spacial score (nSPS) is 36.7. The molecule has 1 saturated carbocycles. The molecule has 2 N–H and O–H groups in total. The summed E-state index contributed by atoms with van der Waals surface area (Å²) < 4.78 is 46.7. The van der Waals surface area contributed by atoms with Gasteiger partial charge in [-0.05, 0) is 107 Å². The van der Waals surface area contributed by atoms with Gasteiger partial charge in [0.25, 0.3) is 11.7 Å². The zero-order valence-corrected chi connectivity index (χ0v) is 49.5. The molecule has 17 nitrogen and oxygen atoms in total. The maximum atomic E-state index is 14.5. The Bertz CT molecular complexity index is 2070. The van der Waals surface area contributed by atoms with Gasteiger partial charge in [-0.15, -0.1) is 0 Å². The third-order valence-electron chi connectivity index (χ3n) is 15.8. The molecular formula is C55H88NO16P3. The fourth-order valence-corrected chi connectivity index (χ4v) is 11.9. The predicted molar refractivity (Wildman–Crippen MR) is 292 cm³/mol. The summed E-state index contributed by atoms with van der Waals surface area (Å²) in [5.74, 6) is -8.90. The van der Waals surface area contributed by atoms with Crippen molar-refractivity contribution in [3.8, 4) is 0 Å². The van der Waals surface area contributed by atoms with Crippen molar-refractivity contribution >= 4 is 62.1 Å². The van der Waals surface area contributed by atoms with Gasteiger partial charge in [-0.3, -0.25) is 24.0 Å². The molecule has 2 saturated heterocycles. The molecule has 75 heavy (non-hydrogen) atoms. The first-order valence-corrected chi connectivity index (χ1v) is 29.8. The number of cyclic esters (lactones) is 1. The van der Waals surface area contributed by atoms with Crippen LogP contribution in [0.3, 0.4) is 0 Å². The fourth-order valence-electron chi connectivity index (χ4n) is 10.9. The van der Waals surface area contributed by atoms with Gasteiger partial charge in [0.05, 0.1) is 31.5 Å². The highest BCUT2D eigenvalue weighted by atomic mass is 32.0. The van der Waals surface area contributed by atoms with Crippen LogP contribution in [-0.4, -0.2) is 146 Å². The number of aliphatic hydroxyl groups is 2. The van der Waals surface area contributed by atoms with E-state index < -0.39 is 107 Å². The predicted octanol–water partition coefficient (Wildman–Crippen LogP) is 7.55. The molecule has 20 heteroatoms. The number of ether oxygens (including phenoxy) is 6. The Morgan fingerprint density at radius 1 is 0.920 bits per heavy atom. The van der Waals surface area contributed by atoms with Crippen molar-refractivity contribution in [2.75, 3.05) is 41.1 Å². The van der Waals surface area contributed by atoms with Gasteiger partial charge in [-0.1, -0.05) is 80.0 Å². The Morgan fingerprint density at radius 3 is 2.29 bits per heavy atom. The van der Waals surface area contributed by atoms with Crippen LogP contribution in [0, 0.1) is 40.9 Å². The minimum Gasteiger partial charge on any atom is -0.460 e. The van der Waals surface area contributed by atoms with E-state index >= 15 is 0 Å². The molecule has 0 radical (unpaired) electrons. The molecule has 0 aromatic heterocycles. The molecule has 0 aromatic carbocycles. The van der Waals surface area contributed by atoms with E-state index in [2.05, 4.69) is 18.4 Å². The van der Waals surface area contributed by atoms with Crippen LogP contribution in [0.15, 0.2) is 47.6 Å². The minimum absolute atomic E-state index is 0.000372. The van der Waals surface area contributed by atoms with Gasteiger partial charge in [-0.2, -0.15) is 0 Å². The number of amides is 1. The third kappa shape index (κ3) is 17.7. The van der Waals surface area contributed by atoms with E-state index in [1.807, 2.05) is 51.2 Å². The molecule has 1 amide bonds. The number of aliphatic hydroxyl groups excluding tert-OH is 1. The number of esters is 2. The molecule has 2 bridgehead atoms. The molecule has 0 aromatic rings. The molecule has 3 heterocycles. The first-order chi connectivity index (χ1) is 35.5. The van der Waals surface area contributed by atoms with E-state index in [1.54, 1.807) is 54.9 Å². The second kappa shape index (κ2) is 30.6. The van der Waals surface area contributed by atoms with Crippen molar-refractivity contribution in [1.29, 1.82) is 0 Å². The van der Waals surface area contributed by atoms with E-state index in [0.717, 1.165) is 10.5 Å². The first kappa shape index (κ1) is 64.9. The molecule has 4 aliphatic rings. The van der Waals surface area contributed by atoms with E-state index in [4.69, 9.17) is 37.5 Å². The number of ketones is 3. The Balaban J connectivity index is 1.66. The standard InChI is InChI=1S/C55H88NO16P3/c1-32-16-13-12-14-17-33(2)44(65-9)28-40-21-19-38(7)55(64,72-40)50(60)51(61)56-23-15-18-41(56)52(62)70-45(29-42(57)34(3)25-37(6)48(59)49(67-11)47(58)36(5)24-32)35(4)26-39-20-22-43(46(27-39)66-10)71-53(63)54(8,30-68-73)31-69-75-74/h12-14,16-17,25,32,34-36,38-41,43-46,48-49,59,64,75H,15,18-24,26-31,73-74H2,1-11H3/b14-12+,16-13+,33-17?,37-25+/t32-,34-,35-,36-,38-,39+,40+,41+,43-,44+,45+,46-,48-,49+,54?,55-/m1/s1. The lowest BCUT2D eigenvalue weighted by atomic mass is 9.78. The van der Waals surface area contributed by atoms with Gasteiger partial charge in [0.15, 0.2) is 5.78 Å². The summed E-state index contributed by atoms with van der Waals surface area (Å²) in [7, 11) is 9.24. The zero-order valence-electron chi connectivity index (χ0n) is 46.2. The van der Waals surface area contributed by atoms with Gasteiger partial charge < -0.3 is 52.6 Å². The van der Waals surface area contributed by atoms with E-state index in [1.165, 1.54) is 7.11 Å². The Hall–Kier alpha value is -2.65. The molecule has 4 rings (SSSR count). The number of carbonyl (C=O) groups excluding carboxylic acids is 6. The lowest BCUT2D eigenvalue weighted by molar-refractivity contribution is -0.265. The Morgan fingerprint density at radius 2 is 1.64 bits per heavy atom. The highest BCUT2D eigenvalue weighted by Gasteiger charge is 2.53. The first-order valence-electron chi connectivity index (χ1n) is 26.6. The molecule has 19 atom stereocenters. The van der Waals surface area contributed by atoms with Gasteiger partial charge in [0.2, 0.25) is 5.79 Å². The summed E-state index contributed by atoms with van der Waals surface area (Å²) in [4.78, 5) is 85.8. The number of fused-ring (bicyclic) bond motifs is 3. The Labute approximate surface area is 452 Å². The second-order valence-corrected chi connectivity index (χ2v) is 23.5. The number of rotatable bonds is 13. The smallest absolute Gasteiger partial charge is 0.329 e. The topological polar surface area (TPSA) is 220 Å². The summed E-state index contributed by atoms with van der Waals surface area (Å²) >= 11 is 0. The maximum absolute atomic E-state index is 14.5. The van der Waals surface area contributed by atoms with Crippen molar-refractivity contribution in [3.63, 3.8) is 0 Å². The lowest BCUT2D eigenvalue weighted by Crippen LogP contribution is -2.59. The molecular weight excluding hydrogens is 1020 g/mol. The fraction of sp³-hybridized carbons (Fsp3) is 0.745. The highest BCUT2D eigenvalue weighted by molar-refractivity contribution is 8.00.